The number of Topliss-reactive ketones (excluding diaryl/α,β-unsaturated/α-hetero) is 3. The molecule has 0 radical (unpaired) electrons. The lowest BCUT2D eigenvalue weighted by Crippen LogP contribution is -2.69. The maximum Gasteiger partial charge on any atom is 0.305 e. The zero-order valence-corrected chi connectivity index (χ0v) is 23.0. The van der Waals surface area contributed by atoms with Crippen molar-refractivity contribution in [2.24, 2.45) is 39.9 Å². The van der Waals surface area contributed by atoms with Gasteiger partial charge in [0.15, 0.2) is 17.3 Å². The Morgan fingerprint density at radius 3 is 2.26 bits per heavy atom. The Balaban J connectivity index is 2.07. The molecule has 8 unspecified atom stereocenters. The predicted octanol–water partition coefficient (Wildman–Crippen LogP) is 5.81. The molecule has 0 aliphatic heterocycles. The molecule has 8 atom stereocenters. The van der Waals surface area contributed by atoms with E-state index < -0.39 is 22.3 Å². The van der Waals surface area contributed by atoms with Crippen molar-refractivity contribution in [2.75, 3.05) is 0 Å². The molecule has 35 heavy (non-hydrogen) atoms. The van der Waals surface area contributed by atoms with Gasteiger partial charge in [-0.25, -0.2) is 0 Å². The molecule has 0 N–H and O–H groups in total. The van der Waals surface area contributed by atoms with Crippen molar-refractivity contribution in [1.29, 1.82) is 0 Å². The fraction of sp³-hybridized carbons (Fsp3) is 0.733. The summed E-state index contributed by atoms with van der Waals surface area (Å²) in [6, 6.07) is 0. The van der Waals surface area contributed by atoms with E-state index in [2.05, 4.69) is 20.8 Å². The summed E-state index contributed by atoms with van der Waals surface area (Å²) in [7, 11) is 0. The summed E-state index contributed by atoms with van der Waals surface area (Å²) in [6.07, 6.45) is 3.18. The average molecular weight is 483 g/mol. The summed E-state index contributed by atoms with van der Waals surface area (Å²) >= 11 is 0. The van der Waals surface area contributed by atoms with E-state index in [1.165, 1.54) is 6.92 Å². The summed E-state index contributed by atoms with van der Waals surface area (Å²) in [4.78, 5) is 54.1. The molecule has 4 aliphatic carbocycles. The molecule has 4 rings (SSSR count). The van der Waals surface area contributed by atoms with Gasteiger partial charge in [-0.3, -0.25) is 19.2 Å². The van der Waals surface area contributed by atoms with Crippen molar-refractivity contribution in [3.05, 3.63) is 22.3 Å². The van der Waals surface area contributed by atoms with Crippen LogP contribution in [0, 0.1) is 39.9 Å². The van der Waals surface area contributed by atoms with Crippen LogP contribution in [-0.2, 0) is 23.9 Å². The van der Waals surface area contributed by atoms with Crippen molar-refractivity contribution >= 4 is 23.3 Å². The van der Waals surface area contributed by atoms with E-state index in [0.29, 0.717) is 12.0 Å². The number of hydrogen-bond acceptors (Lipinski definition) is 5. The predicted molar refractivity (Wildman–Crippen MR) is 134 cm³/mol. The van der Waals surface area contributed by atoms with E-state index >= 15 is 0 Å². The fourth-order valence-corrected chi connectivity index (χ4v) is 8.85. The molecule has 0 bridgehead atoms. The molecule has 0 aromatic rings. The standard InChI is InChI=1S/C30H42O5/c1-10-21(32)35-27-28(7)14-16(3)22(19(6)31)26(34)30(28,9)18(5)24-25(33)23-15(2)12-11-13-20(23)17(4)29(24,27)8/h15,17,20,23,27H,10-14H2,1-9H3. The highest BCUT2D eigenvalue weighted by atomic mass is 16.5. The minimum absolute atomic E-state index is 0.0736. The minimum atomic E-state index is -1.11. The molecule has 5 heteroatoms. The van der Waals surface area contributed by atoms with Gasteiger partial charge in [0.05, 0.1) is 11.0 Å². The van der Waals surface area contributed by atoms with Crippen molar-refractivity contribution in [2.45, 2.75) is 101 Å². The first-order valence-electron chi connectivity index (χ1n) is 13.4. The summed E-state index contributed by atoms with van der Waals surface area (Å²) in [5.41, 5.74) is -0.135. The van der Waals surface area contributed by atoms with Crippen LogP contribution in [0.3, 0.4) is 0 Å². The van der Waals surface area contributed by atoms with Crippen molar-refractivity contribution < 1.29 is 23.9 Å². The molecule has 4 aliphatic rings. The maximum atomic E-state index is 14.4. The lowest BCUT2D eigenvalue weighted by Gasteiger charge is -2.66. The summed E-state index contributed by atoms with van der Waals surface area (Å²) in [6.45, 7) is 17.4. The van der Waals surface area contributed by atoms with Gasteiger partial charge in [0.1, 0.15) is 6.10 Å². The molecule has 2 saturated carbocycles. The molecule has 0 aromatic heterocycles. The number of fused-ring (bicyclic) bond motifs is 3. The highest BCUT2D eigenvalue weighted by Crippen LogP contribution is 2.70. The number of rotatable bonds is 3. The largest absolute Gasteiger partial charge is 0.461 e. The van der Waals surface area contributed by atoms with E-state index in [-0.39, 0.29) is 59.0 Å². The van der Waals surface area contributed by atoms with E-state index in [0.717, 1.165) is 30.4 Å². The van der Waals surface area contributed by atoms with E-state index in [1.807, 2.05) is 27.7 Å². The number of ether oxygens (including phenoxy) is 1. The second-order valence-electron chi connectivity index (χ2n) is 12.5. The summed E-state index contributed by atoms with van der Waals surface area (Å²) < 4.78 is 6.33. The molecule has 0 heterocycles. The average Bonchev–Trinajstić information content (AvgIpc) is 2.77. The van der Waals surface area contributed by atoms with Gasteiger partial charge < -0.3 is 4.74 Å². The zero-order valence-electron chi connectivity index (χ0n) is 23.0. The molecule has 2 fully saturated rings. The Morgan fingerprint density at radius 1 is 1.06 bits per heavy atom. The molecule has 0 saturated heterocycles. The number of allylic oxidation sites excluding steroid dienone is 3. The van der Waals surface area contributed by atoms with Gasteiger partial charge in [0, 0.05) is 28.7 Å². The Kier molecular flexibility index (Phi) is 6.13. The molecule has 0 spiro atoms. The first-order chi connectivity index (χ1) is 16.2. The third-order valence-corrected chi connectivity index (χ3v) is 11.0. The molecule has 5 nitrogen and oxygen atoms in total. The topological polar surface area (TPSA) is 77.5 Å². The van der Waals surface area contributed by atoms with Crippen LogP contribution in [0.15, 0.2) is 22.3 Å². The van der Waals surface area contributed by atoms with E-state index in [9.17, 15) is 19.2 Å². The van der Waals surface area contributed by atoms with Gasteiger partial charge >= 0.3 is 5.97 Å². The van der Waals surface area contributed by atoms with Crippen LogP contribution in [0.5, 0.6) is 0 Å². The summed E-state index contributed by atoms with van der Waals surface area (Å²) in [5, 5.41) is 0. The molecule has 0 amide bonds. The normalized spacial score (nSPS) is 43.4. The van der Waals surface area contributed by atoms with Crippen LogP contribution >= 0.6 is 0 Å². The van der Waals surface area contributed by atoms with Gasteiger partial charge in [0.25, 0.3) is 0 Å². The lowest BCUT2D eigenvalue weighted by atomic mass is 9.38. The quantitative estimate of drug-likeness (QED) is 0.375. The van der Waals surface area contributed by atoms with Crippen LogP contribution in [0.25, 0.3) is 0 Å². The van der Waals surface area contributed by atoms with Crippen LogP contribution in [0.4, 0.5) is 0 Å². The van der Waals surface area contributed by atoms with Crippen LogP contribution in [0.1, 0.15) is 94.4 Å². The second kappa shape index (κ2) is 8.24. The van der Waals surface area contributed by atoms with Crippen molar-refractivity contribution in [3.63, 3.8) is 0 Å². The number of carbonyl (C=O) groups excluding carboxylic acids is 4. The number of ketones is 3. The first-order valence-corrected chi connectivity index (χ1v) is 13.4. The van der Waals surface area contributed by atoms with Crippen molar-refractivity contribution in [1.82, 2.24) is 0 Å². The van der Waals surface area contributed by atoms with Gasteiger partial charge in [-0.05, 0) is 64.7 Å². The smallest absolute Gasteiger partial charge is 0.305 e. The minimum Gasteiger partial charge on any atom is -0.461 e. The first kappa shape index (κ1) is 26.0. The second-order valence-corrected chi connectivity index (χ2v) is 12.5. The Morgan fingerprint density at radius 2 is 1.69 bits per heavy atom. The van der Waals surface area contributed by atoms with Crippen LogP contribution in [0.2, 0.25) is 0 Å². The van der Waals surface area contributed by atoms with E-state index in [4.69, 9.17) is 4.74 Å². The molecular weight excluding hydrogens is 440 g/mol. The Labute approximate surface area is 210 Å². The Hall–Kier alpha value is -2.04. The van der Waals surface area contributed by atoms with Crippen LogP contribution < -0.4 is 0 Å². The molecule has 0 aromatic carbocycles. The zero-order chi connectivity index (χ0) is 26.2. The van der Waals surface area contributed by atoms with Gasteiger partial charge in [0.2, 0.25) is 0 Å². The lowest BCUT2D eigenvalue weighted by molar-refractivity contribution is -0.197. The van der Waals surface area contributed by atoms with Crippen molar-refractivity contribution in [3.8, 4) is 0 Å². The monoisotopic (exact) mass is 482 g/mol. The van der Waals surface area contributed by atoms with Gasteiger partial charge in [-0.2, -0.15) is 0 Å². The van der Waals surface area contributed by atoms with Gasteiger partial charge in [-0.1, -0.05) is 52.2 Å². The maximum absolute atomic E-state index is 14.4. The Bertz CT molecular complexity index is 1080. The van der Waals surface area contributed by atoms with E-state index in [1.54, 1.807) is 6.92 Å². The number of esters is 1. The number of carbonyl (C=O) groups is 4. The highest BCUT2D eigenvalue weighted by molar-refractivity contribution is 6.24. The fourth-order valence-electron chi connectivity index (χ4n) is 8.85. The third-order valence-electron chi connectivity index (χ3n) is 11.0. The van der Waals surface area contributed by atoms with Crippen LogP contribution in [-0.4, -0.2) is 29.4 Å². The highest BCUT2D eigenvalue weighted by Gasteiger charge is 2.72. The molecular formula is C30H42O5. The SMILES string of the molecule is CCC(=O)OC1C2(C)C(=C(C)C3(C)C(=O)C(C(C)=O)=C(C)CC13C)C(=O)C1C(C)CCCC1C2C. The third kappa shape index (κ3) is 3.12. The molecule has 192 valence electrons. The summed E-state index contributed by atoms with van der Waals surface area (Å²) in [5.74, 6) is -0.115. The van der Waals surface area contributed by atoms with Gasteiger partial charge in [-0.15, -0.1) is 0 Å². The number of hydrogen-bond donors (Lipinski definition) is 0.